The molecule has 1 saturated carbocycles. The second kappa shape index (κ2) is 7.64. The van der Waals surface area contributed by atoms with E-state index in [0.717, 1.165) is 23.8 Å². The molecule has 1 aliphatic carbocycles. The van der Waals surface area contributed by atoms with Crippen molar-refractivity contribution in [2.45, 2.75) is 65.3 Å². The molecule has 0 aromatic carbocycles. The van der Waals surface area contributed by atoms with Crippen LogP contribution in [-0.2, 0) is 0 Å². The van der Waals surface area contributed by atoms with Crippen LogP contribution in [0.5, 0.6) is 0 Å². The fourth-order valence-electron chi connectivity index (χ4n) is 4.01. The van der Waals surface area contributed by atoms with E-state index in [1.807, 2.05) is 0 Å². The van der Waals surface area contributed by atoms with E-state index in [1.165, 1.54) is 64.7 Å². The third-order valence-electron chi connectivity index (χ3n) is 5.17. The van der Waals surface area contributed by atoms with Crippen LogP contribution in [0.25, 0.3) is 0 Å². The van der Waals surface area contributed by atoms with Crippen LogP contribution >= 0.6 is 0 Å². The first-order chi connectivity index (χ1) is 9.17. The van der Waals surface area contributed by atoms with E-state index >= 15 is 0 Å². The summed E-state index contributed by atoms with van der Waals surface area (Å²) in [5, 5.41) is 3.73. The fourth-order valence-corrected chi connectivity index (χ4v) is 4.01. The summed E-state index contributed by atoms with van der Waals surface area (Å²) in [5.41, 5.74) is 0. The van der Waals surface area contributed by atoms with Gasteiger partial charge in [-0.3, -0.25) is 0 Å². The molecule has 4 atom stereocenters. The molecule has 0 spiro atoms. The predicted octanol–water partition coefficient (Wildman–Crippen LogP) is 3.52. The highest BCUT2D eigenvalue weighted by Gasteiger charge is 2.23. The van der Waals surface area contributed by atoms with Gasteiger partial charge in [0.15, 0.2) is 0 Å². The molecule has 19 heavy (non-hydrogen) atoms. The lowest BCUT2D eigenvalue weighted by atomic mass is 9.82. The molecule has 0 bridgehead atoms. The zero-order valence-corrected chi connectivity index (χ0v) is 13.3. The first-order valence-corrected chi connectivity index (χ1v) is 8.63. The van der Waals surface area contributed by atoms with Crippen molar-refractivity contribution in [1.82, 2.24) is 10.2 Å². The first-order valence-electron chi connectivity index (χ1n) is 8.63. The van der Waals surface area contributed by atoms with Gasteiger partial charge in [0.1, 0.15) is 0 Å². The van der Waals surface area contributed by atoms with Gasteiger partial charge in [0.05, 0.1) is 0 Å². The highest BCUT2D eigenvalue weighted by Crippen LogP contribution is 2.29. The van der Waals surface area contributed by atoms with E-state index in [9.17, 15) is 0 Å². The van der Waals surface area contributed by atoms with Gasteiger partial charge in [-0.15, -0.1) is 0 Å². The number of rotatable bonds is 3. The third-order valence-corrected chi connectivity index (χ3v) is 5.17. The lowest BCUT2D eigenvalue weighted by molar-refractivity contribution is 0.144. The van der Waals surface area contributed by atoms with Crippen LogP contribution in [0, 0.1) is 17.8 Å². The fraction of sp³-hybridized carbons (Fsp3) is 1.00. The molecule has 0 amide bonds. The van der Waals surface area contributed by atoms with Gasteiger partial charge < -0.3 is 10.2 Å². The molecule has 1 aliphatic heterocycles. The van der Waals surface area contributed by atoms with E-state index in [4.69, 9.17) is 0 Å². The van der Waals surface area contributed by atoms with Crippen LogP contribution in [0.15, 0.2) is 0 Å². The average Bonchev–Trinajstić information content (AvgIpc) is 2.36. The molecule has 1 N–H and O–H groups in total. The molecule has 0 aromatic heterocycles. The number of nitrogens with one attached hydrogen (secondary N) is 1. The monoisotopic (exact) mass is 266 g/mol. The van der Waals surface area contributed by atoms with E-state index in [2.05, 4.69) is 31.0 Å². The Morgan fingerprint density at radius 1 is 1.11 bits per heavy atom. The molecule has 2 heteroatoms. The largest absolute Gasteiger partial charge is 0.314 e. The van der Waals surface area contributed by atoms with Crippen LogP contribution in [0.4, 0.5) is 0 Å². The van der Waals surface area contributed by atoms with Gasteiger partial charge in [0, 0.05) is 19.1 Å². The Labute approximate surface area is 120 Å². The highest BCUT2D eigenvalue weighted by molar-refractivity contribution is 4.79. The summed E-state index contributed by atoms with van der Waals surface area (Å²) in [7, 11) is 0. The second-order valence-electron chi connectivity index (χ2n) is 7.30. The SMILES string of the molecule is CCC1CCN(CC2CCCC(C)C2)CC(C)CN1. The van der Waals surface area contributed by atoms with E-state index in [1.54, 1.807) is 0 Å². The van der Waals surface area contributed by atoms with Crippen LogP contribution in [-0.4, -0.2) is 37.1 Å². The molecule has 112 valence electrons. The molecule has 0 radical (unpaired) electrons. The third kappa shape index (κ3) is 5.07. The summed E-state index contributed by atoms with van der Waals surface area (Å²) < 4.78 is 0. The van der Waals surface area contributed by atoms with Crippen molar-refractivity contribution in [3.8, 4) is 0 Å². The molecule has 2 fully saturated rings. The Bertz CT molecular complexity index is 254. The lowest BCUT2D eigenvalue weighted by Crippen LogP contribution is -2.45. The van der Waals surface area contributed by atoms with Crippen molar-refractivity contribution in [1.29, 1.82) is 0 Å². The van der Waals surface area contributed by atoms with Crippen molar-refractivity contribution in [2.24, 2.45) is 17.8 Å². The molecule has 2 aliphatic rings. The Morgan fingerprint density at radius 2 is 1.95 bits per heavy atom. The summed E-state index contributed by atoms with van der Waals surface area (Å²) >= 11 is 0. The maximum absolute atomic E-state index is 3.73. The van der Waals surface area contributed by atoms with Crippen LogP contribution in [0.2, 0.25) is 0 Å². The summed E-state index contributed by atoms with van der Waals surface area (Å²) in [4.78, 5) is 2.77. The van der Waals surface area contributed by atoms with Crippen LogP contribution in [0.1, 0.15) is 59.3 Å². The molecule has 1 saturated heterocycles. The zero-order valence-electron chi connectivity index (χ0n) is 13.3. The minimum atomic E-state index is 0.746. The van der Waals surface area contributed by atoms with Gasteiger partial charge in [-0.1, -0.05) is 33.6 Å². The molecule has 0 aromatic rings. The summed E-state index contributed by atoms with van der Waals surface area (Å²) in [6, 6.07) is 0.746. The average molecular weight is 266 g/mol. The van der Waals surface area contributed by atoms with Gasteiger partial charge in [0.25, 0.3) is 0 Å². The highest BCUT2D eigenvalue weighted by atomic mass is 15.1. The van der Waals surface area contributed by atoms with E-state index in [0.29, 0.717) is 0 Å². The first kappa shape index (κ1) is 15.3. The summed E-state index contributed by atoms with van der Waals surface area (Å²) in [5.74, 6) is 2.75. The minimum absolute atomic E-state index is 0.746. The normalized spacial score (nSPS) is 38.7. The lowest BCUT2D eigenvalue weighted by Gasteiger charge is -2.36. The standard InChI is InChI=1S/C17H34N2/c1-4-17-8-9-19(12-15(3)11-18-17)13-16-7-5-6-14(2)10-16/h14-18H,4-13H2,1-3H3. The zero-order chi connectivity index (χ0) is 13.7. The quantitative estimate of drug-likeness (QED) is 0.841. The van der Waals surface area contributed by atoms with Crippen molar-refractivity contribution in [3.63, 3.8) is 0 Å². The Morgan fingerprint density at radius 3 is 2.68 bits per heavy atom. The molecular formula is C17H34N2. The molecule has 2 nitrogen and oxygen atoms in total. The molecule has 2 rings (SSSR count). The van der Waals surface area contributed by atoms with Crippen molar-refractivity contribution in [3.05, 3.63) is 0 Å². The summed E-state index contributed by atoms with van der Waals surface area (Å²) in [6.45, 7) is 12.3. The second-order valence-corrected chi connectivity index (χ2v) is 7.30. The summed E-state index contributed by atoms with van der Waals surface area (Å²) in [6.07, 6.45) is 8.50. The van der Waals surface area contributed by atoms with Crippen molar-refractivity contribution in [2.75, 3.05) is 26.2 Å². The van der Waals surface area contributed by atoms with Gasteiger partial charge in [0.2, 0.25) is 0 Å². The van der Waals surface area contributed by atoms with Crippen LogP contribution < -0.4 is 5.32 Å². The topological polar surface area (TPSA) is 15.3 Å². The molecular weight excluding hydrogens is 232 g/mol. The van der Waals surface area contributed by atoms with Gasteiger partial charge in [-0.2, -0.15) is 0 Å². The van der Waals surface area contributed by atoms with Gasteiger partial charge in [-0.25, -0.2) is 0 Å². The minimum Gasteiger partial charge on any atom is -0.314 e. The molecule has 4 unspecified atom stereocenters. The smallest absolute Gasteiger partial charge is 0.00767 e. The Balaban J connectivity index is 1.83. The van der Waals surface area contributed by atoms with Crippen LogP contribution in [0.3, 0.4) is 0 Å². The van der Waals surface area contributed by atoms with Gasteiger partial charge >= 0.3 is 0 Å². The Kier molecular flexibility index (Phi) is 6.15. The predicted molar refractivity (Wildman–Crippen MR) is 83.4 cm³/mol. The van der Waals surface area contributed by atoms with E-state index < -0.39 is 0 Å². The molecule has 1 heterocycles. The van der Waals surface area contributed by atoms with Crippen molar-refractivity contribution < 1.29 is 0 Å². The van der Waals surface area contributed by atoms with Gasteiger partial charge in [-0.05, 0) is 56.5 Å². The number of hydrogen-bond acceptors (Lipinski definition) is 2. The van der Waals surface area contributed by atoms with Crippen molar-refractivity contribution >= 4 is 0 Å². The van der Waals surface area contributed by atoms with E-state index in [-0.39, 0.29) is 0 Å². The Hall–Kier alpha value is -0.0800. The number of hydrogen-bond donors (Lipinski definition) is 1. The number of nitrogens with zero attached hydrogens (tertiary/aromatic N) is 1. The maximum atomic E-state index is 3.73. The maximum Gasteiger partial charge on any atom is 0.00767 e.